The van der Waals surface area contributed by atoms with Crippen molar-refractivity contribution in [2.24, 2.45) is 41.4 Å². The molecule has 4 fully saturated rings. The molecule has 2 aliphatic heterocycles. The zero-order valence-electron chi connectivity index (χ0n) is 31.0. The molecule has 0 N–H and O–H groups in total. The van der Waals surface area contributed by atoms with Gasteiger partial charge >= 0.3 is 17.9 Å². The summed E-state index contributed by atoms with van der Waals surface area (Å²) in [6.45, 7) is 9.29. The molecule has 12 nitrogen and oxygen atoms in total. The lowest BCUT2D eigenvalue weighted by atomic mass is 9.60. The fourth-order valence-electron chi connectivity index (χ4n) is 9.43. The lowest BCUT2D eigenvalue weighted by molar-refractivity contribution is -0.255. The Morgan fingerprint density at radius 3 is 2.32 bits per heavy atom. The molecule has 0 radical (unpaired) electrons. The number of esters is 3. The molecule has 282 valence electrons. The van der Waals surface area contributed by atoms with E-state index in [2.05, 4.69) is 6.08 Å². The number of ketones is 1. The Labute approximate surface area is 296 Å². The van der Waals surface area contributed by atoms with E-state index in [9.17, 15) is 19.2 Å². The van der Waals surface area contributed by atoms with Gasteiger partial charge in [0.25, 0.3) is 0 Å². The molecule has 2 heterocycles. The van der Waals surface area contributed by atoms with E-state index in [1.807, 2.05) is 27.7 Å². The molecule has 0 bridgehead atoms. The van der Waals surface area contributed by atoms with Crippen molar-refractivity contribution in [2.45, 2.75) is 135 Å². The molecule has 3 aliphatic carbocycles. The number of methoxy groups -OCH3 is 3. The number of fused-ring (bicyclic) bond motifs is 8. The summed E-state index contributed by atoms with van der Waals surface area (Å²) in [5.74, 6) is -2.48. The summed E-state index contributed by atoms with van der Waals surface area (Å²) in [5.41, 5.74) is 0.560. The van der Waals surface area contributed by atoms with Crippen LogP contribution in [0.4, 0.5) is 0 Å². The van der Waals surface area contributed by atoms with Gasteiger partial charge in [-0.05, 0) is 75.7 Å². The van der Waals surface area contributed by atoms with Gasteiger partial charge in [-0.15, -0.1) is 0 Å². The molecule has 2 saturated carbocycles. The Kier molecular flexibility index (Phi) is 13.2. The summed E-state index contributed by atoms with van der Waals surface area (Å²) < 4.78 is 47.6. The largest absolute Gasteiger partial charge is 0.462 e. The van der Waals surface area contributed by atoms with Crippen LogP contribution >= 0.6 is 0 Å². The zero-order chi connectivity index (χ0) is 36.3. The molecule has 15 atom stereocenters. The average molecular weight is 707 g/mol. The first-order valence-corrected chi connectivity index (χ1v) is 18.6. The minimum atomic E-state index is -0.732. The van der Waals surface area contributed by atoms with Crippen LogP contribution in [0.2, 0.25) is 0 Å². The SMILES string of the molecule is CC[C@H]1CCC[C@H](OC(C)=O)[C@@H](C)C(=O)C2=CC3[C@@H](C4OC(=O)CC4[C@@H]4C[C@@H](OC(OC(C)[C@@H](C)OC)[C@H](COC)OC)C[C@@H]34)[C@@H]2CC(=O)O1. The standard InChI is InChI=1S/C38H58O12/c1-9-23-11-10-12-31(47-22(5)39)19(2)36(42)29-15-27-25-13-24(49-38(32(45-8)18-43-6)46-21(4)20(3)44-7)14-26(25)30-17-34(41)50-37(30)35(27)28(29)16-33(40)48-23/h15,19-21,23-28,30-32,35,37-38H,9-14,16-18H2,1-8H3/t19-,20-,21?,23+,24+,25-,26-,27?,28-,30?,31+,32+,35-,37?,38?/m1/s1. The highest BCUT2D eigenvalue weighted by Crippen LogP contribution is 2.61. The monoisotopic (exact) mass is 706 g/mol. The third-order valence-corrected chi connectivity index (χ3v) is 12.2. The van der Waals surface area contributed by atoms with E-state index >= 15 is 0 Å². The van der Waals surface area contributed by atoms with Gasteiger partial charge in [0.15, 0.2) is 12.1 Å². The summed E-state index contributed by atoms with van der Waals surface area (Å²) in [4.78, 5) is 53.1. The van der Waals surface area contributed by atoms with Gasteiger partial charge in [-0.1, -0.05) is 19.9 Å². The molecule has 5 unspecified atom stereocenters. The molecular weight excluding hydrogens is 648 g/mol. The molecule has 0 aromatic heterocycles. The predicted octanol–water partition coefficient (Wildman–Crippen LogP) is 4.59. The number of rotatable bonds is 12. The van der Waals surface area contributed by atoms with Crippen molar-refractivity contribution in [3.8, 4) is 0 Å². The lowest BCUT2D eigenvalue weighted by Crippen LogP contribution is -2.47. The second-order valence-corrected chi connectivity index (χ2v) is 15.1. The maximum Gasteiger partial charge on any atom is 0.306 e. The van der Waals surface area contributed by atoms with Gasteiger partial charge in [-0.2, -0.15) is 0 Å². The van der Waals surface area contributed by atoms with Gasteiger partial charge < -0.3 is 37.9 Å². The first-order chi connectivity index (χ1) is 23.9. The van der Waals surface area contributed by atoms with Crippen molar-refractivity contribution in [3.63, 3.8) is 0 Å². The fourth-order valence-corrected chi connectivity index (χ4v) is 9.43. The fraction of sp³-hybridized carbons (Fsp3) is 0.842. The van der Waals surface area contributed by atoms with Gasteiger partial charge in [-0.3, -0.25) is 19.2 Å². The summed E-state index contributed by atoms with van der Waals surface area (Å²) in [6, 6.07) is 0. The molecule has 0 aromatic rings. The van der Waals surface area contributed by atoms with Crippen LogP contribution in [-0.4, -0.2) is 101 Å². The average Bonchev–Trinajstić information content (AvgIpc) is 3.78. The van der Waals surface area contributed by atoms with Crippen LogP contribution < -0.4 is 0 Å². The van der Waals surface area contributed by atoms with Crippen molar-refractivity contribution in [1.82, 2.24) is 0 Å². The van der Waals surface area contributed by atoms with Crippen LogP contribution in [-0.2, 0) is 57.1 Å². The first kappa shape index (κ1) is 38.8. The quantitative estimate of drug-likeness (QED) is 0.159. The van der Waals surface area contributed by atoms with E-state index in [1.165, 1.54) is 6.92 Å². The normalized spacial score (nSPS) is 38.1. The number of hydrogen-bond donors (Lipinski definition) is 0. The third kappa shape index (κ3) is 8.30. The van der Waals surface area contributed by atoms with Crippen molar-refractivity contribution in [2.75, 3.05) is 27.9 Å². The summed E-state index contributed by atoms with van der Waals surface area (Å²) in [7, 11) is 4.84. The van der Waals surface area contributed by atoms with Crippen LogP contribution in [0.25, 0.3) is 0 Å². The molecule has 5 rings (SSSR count). The summed E-state index contributed by atoms with van der Waals surface area (Å²) >= 11 is 0. The van der Waals surface area contributed by atoms with Gasteiger partial charge in [-0.25, -0.2) is 0 Å². The Balaban J connectivity index is 1.47. The van der Waals surface area contributed by atoms with Gasteiger partial charge in [0.2, 0.25) is 0 Å². The molecule has 12 heteroatoms. The lowest BCUT2D eigenvalue weighted by Gasteiger charge is -2.45. The van der Waals surface area contributed by atoms with E-state index in [1.54, 1.807) is 21.3 Å². The summed E-state index contributed by atoms with van der Waals surface area (Å²) in [6.07, 6.45) is 2.97. The Bertz CT molecular complexity index is 1250. The van der Waals surface area contributed by atoms with Crippen molar-refractivity contribution < 1.29 is 57.1 Å². The highest BCUT2D eigenvalue weighted by Gasteiger charge is 2.62. The molecule has 0 spiro atoms. The van der Waals surface area contributed by atoms with Gasteiger partial charge in [0.05, 0.1) is 43.7 Å². The molecule has 0 aromatic carbocycles. The molecular formula is C38H58O12. The topological polar surface area (TPSA) is 142 Å². The van der Waals surface area contributed by atoms with Crippen LogP contribution in [0.1, 0.15) is 86.0 Å². The predicted molar refractivity (Wildman–Crippen MR) is 179 cm³/mol. The number of carbonyl (C=O) groups excluding carboxylic acids is 4. The van der Waals surface area contributed by atoms with Crippen molar-refractivity contribution in [1.29, 1.82) is 0 Å². The zero-order valence-corrected chi connectivity index (χ0v) is 31.0. The molecule has 5 aliphatic rings. The van der Waals surface area contributed by atoms with E-state index in [4.69, 9.17) is 37.9 Å². The highest BCUT2D eigenvalue weighted by atomic mass is 16.7. The summed E-state index contributed by atoms with van der Waals surface area (Å²) in [5, 5.41) is 0. The Morgan fingerprint density at radius 1 is 0.940 bits per heavy atom. The maximum atomic E-state index is 14.4. The highest BCUT2D eigenvalue weighted by molar-refractivity contribution is 5.99. The van der Waals surface area contributed by atoms with E-state index < -0.39 is 42.4 Å². The minimum absolute atomic E-state index is 0.0241. The molecule has 50 heavy (non-hydrogen) atoms. The van der Waals surface area contributed by atoms with E-state index in [0.717, 1.165) is 0 Å². The Hall–Kier alpha value is -2.38. The van der Waals surface area contributed by atoms with Gasteiger partial charge in [0, 0.05) is 46.0 Å². The maximum absolute atomic E-state index is 14.4. The minimum Gasteiger partial charge on any atom is -0.462 e. The number of hydrogen-bond acceptors (Lipinski definition) is 12. The molecule has 2 saturated heterocycles. The van der Waals surface area contributed by atoms with Crippen LogP contribution in [0, 0.1) is 41.4 Å². The van der Waals surface area contributed by atoms with E-state index in [0.29, 0.717) is 44.1 Å². The Morgan fingerprint density at radius 2 is 1.66 bits per heavy atom. The van der Waals surface area contributed by atoms with Crippen LogP contribution in [0.5, 0.6) is 0 Å². The smallest absolute Gasteiger partial charge is 0.306 e. The second kappa shape index (κ2) is 17.0. The van der Waals surface area contributed by atoms with E-state index in [-0.39, 0.29) is 91.2 Å². The number of ether oxygens (including phenoxy) is 8. The number of allylic oxidation sites excluding steroid dienone is 2. The second-order valence-electron chi connectivity index (χ2n) is 15.1. The van der Waals surface area contributed by atoms with Gasteiger partial charge in [0.1, 0.15) is 24.4 Å². The van der Waals surface area contributed by atoms with Crippen LogP contribution in [0.3, 0.4) is 0 Å². The number of carbonyl (C=O) groups is 4. The first-order valence-electron chi connectivity index (χ1n) is 18.6. The van der Waals surface area contributed by atoms with Crippen LogP contribution in [0.15, 0.2) is 11.6 Å². The number of cyclic esters (lactones) is 1. The molecule has 0 amide bonds. The van der Waals surface area contributed by atoms with Crippen molar-refractivity contribution in [3.05, 3.63) is 11.6 Å². The number of Topliss-reactive ketones (excluding diaryl/α,β-unsaturated/α-hetero) is 1. The van der Waals surface area contributed by atoms with Crippen molar-refractivity contribution >= 4 is 23.7 Å². The third-order valence-electron chi connectivity index (χ3n) is 12.2.